The second kappa shape index (κ2) is 6.86. The minimum Gasteiger partial charge on any atom is -0.494 e. The summed E-state index contributed by atoms with van der Waals surface area (Å²) in [6, 6.07) is 7.98. The number of nitrogens with zero attached hydrogens (tertiary/aromatic N) is 3. The Morgan fingerprint density at radius 2 is 2.09 bits per heavy atom. The second-order valence-corrected chi connectivity index (χ2v) is 6.08. The summed E-state index contributed by atoms with van der Waals surface area (Å²) in [5, 5.41) is 0. The predicted molar refractivity (Wildman–Crippen MR) is 88.2 cm³/mol. The number of hydrogen-bond acceptors (Lipinski definition) is 3. The van der Waals surface area contributed by atoms with E-state index < -0.39 is 0 Å². The number of fused-ring (bicyclic) bond motifs is 1. The maximum Gasteiger partial charge on any atom is 0.223 e. The van der Waals surface area contributed by atoms with Gasteiger partial charge in [-0.3, -0.25) is 4.79 Å². The second-order valence-electron chi connectivity index (χ2n) is 6.08. The quantitative estimate of drug-likeness (QED) is 0.797. The van der Waals surface area contributed by atoms with Gasteiger partial charge >= 0.3 is 0 Å². The highest BCUT2D eigenvalue weighted by Gasteiger charge is 2.23. The summed E-state index contributed by atoms with van der Waals surface area (Å²) in [5.74, 6) is 1.06. The fraction of sp³-hybridized carbons (Fsp3) is 0.444. The van der Waals surface area contributed by atoms with Gasteiger partial charge in [0.05, 0.1) is 30.9 Å². The molecular formula is C18H23N3O2. The van der Waals surface area contributed by atoms with Crippen molar-refractivity contribution in [3.63, 3.8) is 0 Å². The van der Waals surface area contributed by atoms with E-state index in [1.54, 1.807) is 0 Å². The van der Waals surface area contributed by atoms with E-state index in [0.29, 0.717) is 19.6 Å². The standard InChI is InChI=1S/C18H23N3O2/c1-14-5-7-15(8-6-14)23-11-3-4-18(22)21-10-9-16-17(12-21)20(2)13-19-16/h5-8,13H,3-4,9-12H2,1-2H3. The molecule has 1 aromatic carbocycles. The summed E-state index contributed by atoms with van der Waals surface area (Å²) in [5.41, 5.74) is 3.49. The molecule has 122 valence electrons. The van der Waals surface area contributed by atoms with Crippen molar-refractivity contribution in [2.75, 3.05) is 13.2 Å². The normalized spacial score (nSPS) is 13.7. The monoisotopic (exact) mass is 313 g/mol. The van der Waals surface area contributed by atoms with Crippen LogP contribution >= 0.6 is 0 Å². The van der Waals surface area contributed by atoms with E-state index in [9.17, 15) is 4.79 Å². The lowest BCUT2D eigenvalue weighted by molar-refractivity contribution is -0.132. The van der Waals surface area contributed by atoms with Crippen LogP contribution in [-0.2, 0) is 24.8 Å². The first-order valence-electron chi connectivity index (χ1n) is 8.10. The summed E-state index contributed by atoms with van der Waals surface area (Å²) in [7, 11) is 1.98. The minimum atomic E-state index is 0.198. The number of hydrogen-bond donors (Lipinski definition) is 0. The highest BCUT2D eigenvalue weighted by molar-refractivity contribution is 5.76. The Balaban J connectivity index is 1.43. The van der Waals surface area contributed by atoms with Gasteiger partial charge in [-0.25, -0.2) is 4.98 Å². The molecule has 2 aromatic rings. The van der Waals surface area contributed by atoms with Crippen molar-refractivity contribution < 1.29 is 9.53 Å². The number of benzene rings is 1. The summed E-state index contributed by atoms with van der Waals surface area (Å²) >= 11 is 0. The lowest BCUT2D eigenvalue weighted by Gasteiger charge is -2.27. The third-order valence-corrected chi connectivity index (χ3v) is 4.28. The molecule has 0 fully saturated rings. The van der Waals surface area contributed by atoms with Crippen molar-refractivity contribution in [1.82, 2.24) is 14.5 Å². The summed E-state index contributed by atoms with van der Waals surface area (Å²) in [6.45, 7) is 4.06. The van der Waals surface area contributed by atoms with Crippen molar-refractivity contribution in [3.8, 4) is 5.75 Å². The Kier molecular flexibility index (Phi) is 4.65. The molecule has 1 amide bonds. The lowest BCUT2D eigenvalue weighted by Crippen LogP contribution is -2.36. The van der Waals surface area contributed by atoms with Crippen LogP contribution in [0.5, 0.6) is 5.75 Å². The average molecular weight is 313 g/mol. The molecule has 0 spiro atoms. The molecular weight excluding hydrogens is 290 g/mol. The smallest absolute Gasteiger partial charge is 0.223 e. The highest BCUT2D eigenvalue weighted by Crippen LogP contribution is 2.18. The zero-order valence-electron chi connectivity index (χ0n) is 13.8. The molecule has 5 nitrogen and oxygen atoms in total. The van der Waals surface area contributed by atoms with Crippen LogP contribution in [0.4, 0.5) is 0 Å². The van der Waals surface area contributed by atoms with Gasteiger partial charge in [0.25, 0.3) is 0 Å². The van der Waals surface area contributed by atoms with E-state index >= 15 is 0 Å². The molecule has 0 saturated carbocycles. The van der Waals surface area contributed by atoms with Crippen LogP contribution in [0.3, 0.4) is 0 Å². The number of ether oxygens (including phenoxy) is 1. The van der Waals surface area contributed by atoms with Crippen LogP contribution < -0.4 is 4.74 Å². The van der Waals surface area contributed by atoms with Crippen LogP contribution in [0.15, 0.2) is 30.6 Å². The number of aryl methyl sites for hydroxylation is 2. The predicted octanol–water partition coefficient (Wildman–Crippen LogP) is 2.47. The van der Waals surface area contributed by atoms with E-state index in [-0.39, 0.29) is 5.91 Å². The van der Waals surface area contributed by atoms with Gasteiger partial charge in [-0.2, -0.15) is 0 Å². The SMILES string of the molecule is Cc1ccc(OCCCC(=O)N2CCc3ncn(C)c3C2)cc1. The minimum absolute atomic E-state index is 0.198. The van der Waals surface area contributed by atoms with Crippen molar-refractivity contribution in [2.45, 2.75) is 32.7 Å². The van der Waals surface area contributed by atoms with Gasteiger partial charge in [-0.15, -0.1) is 0 Å². The van der Waals surface area contributed by atoms with Crippen LogP contribution in [0, 0.1) is 6.92 Å². The van der Waals surface area contributed by atoms with Crippen LogP contribution in [0.25, 0.3) is 0 Å². The molecule has 23 heavy (non-hydrogen) atoms. The van der Waals surface area contributed by atoms with Crippen molar-refractivity contribution in [2.24, 2.45) is 7.05 Å². The van der Waals surface area contributed by atoms with E-state index in [2.05, 4.69) is 11.9 Å². The number of carbonyl (C=O) groups is 1. The molecule has 5 heteroatoms. The molecule has 1 aliphatic heterocycles. The zero-order valence-corrected chi connectivity index (χ0v) is 13.8. The number of rotatable bonds is 5. The first kappa shape index (κ1) is 15.6. The number of amides is 1. The maximum atomic E-state index is 12.3. The molecule has 2 heterocycles. The summed E-state index contributed by atoms with van der Waals surface area (Å²) in [4.78, 5) is 18.6. The zero-order chi connectivity index (χ0) is 16.2. The number of imidazole rings is 1. The molecule has 0 N–H and O–H groups in total. The lowest BCUT2D eigenvalue weighted by atomic mass is 10.1. The van der Waals surface area contributed by atoms with Crippen LogP contribution in [0.1, 0.15) is 29.8 Å². The fourth-order valence-corrected chi connectivity index (χ4v) is 2.84. The molecule has 1 aromatic heterocycles. The largest absolute Gasteiger partial charge is 0.494 e. The molecule has 0 atom stereocenters. The first-order valence-corrected chi connectivity index (χ1v) is 8.10. The van der Waals surface area contributed by atoms with E-state index in [4.69, 9.17) is 4.74 Å². The van der Waals surface area contributed by atoms with E-state index in [1.165, 1.54) is 5.56 Å². The van der Waals surface area contributed by atoms with Crippen LogP contribution in [0.2, 0.25) is 0 Å². The van der Waals surface area contributed by atoms with Crippen molar-refractivity contribution >= 4 is 5.91 Å². The maximum absolute atomic E-state index is 12.3. The van der Waals surface area contributed by atoms with Gasteiger partial charge in [0.15, 0.2) is 0 Å². The van der Waals surface area contributed by atoms with E-state index in [1.807, 2.05) is 47.1 Å². The summed E-state index contributed by atoms with van der Waals surface area (Å²) in [6.07, 6.45) is 3.94. The first-order chi connectivity index (χ1) is 11.1. The van der Waals surface area contributed by atoms with E-state index in [0.717, 1.165) is 36.5 Å². The van der Waals surface area contributed by atoms with Gasteiger partial charge in [-0.05, 0) is 25.5 Å². The number of aromatic nitrogens is 2. The van der Waals surface area contributed by atoms with Crippen molar-refractivity contribution in [3.05, 3.63) is 47.5 Å². The van der Waals surface area contributed by atoms with Gasteiger partial charge < -0.3 is 14.2 Å². The summed E-state index contributed by atoms with van der Waals surface area (Å²) < 4.78 is 7.69. The van der Waals surface area contributed by atoms with Crippen LogP contribution in [-0.4, -0.2) is 33.5 Å². The molecule has 0 bridgehead atoms. The Morgan fingerprint density at radius 1 is 1.30 bits per heavy atom. The molecule has 0 radical (unpaired) electrons. The highest BCUT2D eigenvalue weighted by atomic mass is 16.5. The fourth-order valence-electron chi connectivity index (χ4n) is 2.84. The van der Waals surface area contributed by atoms with Gasteiger partial charge in [0.1, 0.15) is 5.75 Å². The Morgan fingerprint density at radius 3 is 2.87 bits per heavy atom. The molecule has 3 rings (SSSR count). The Labute approximate surface area is 136 Å². The topological polar surface area (TPSA) is 47.4 Å². The Hall–Kier alpha value is -2.30. The molecule has 0 aliphatic carbocycles. The third kappa shape index (κ3) is 3.73. The van der Waals surface area contributed by atoms with Gasteiger partial charge in [-0.1, -0.05) is 17.7 Å². The van der Waals surface area contributed by atoms with Gasteiger partial charge in [0.2, 0.25) is 5.91 Å². The van der Waals surface area contributed by atoms with Gasteiger partial charge in [0, 0.05) is 26.4 Å². The Bertz CT molecular complexity index is 676. The van der Waals surface area contributed by atoms with Crippen molar-refractivity contribution in [1.29, 1.82) is 0 Å². The molecule has 0 saturated heterocycles. The molecule has 1 aliphatic rings. The average Bonchev–Trinajstić information content (AvgIpc) is 2.94. The molecule has 0 unspecified atom stereocenters. The third-order valence-electron chi connectivity index (χ3n) is 4.28. The number of carbonyl (C=O) groups excluding carboxylic acids is 1.